The molecule has 2 N–H and O–H groups in total. The van der Waals surface area contributed by atoms with Crippen molar-refractivity contribution in [3.63, 3.8) is 0 Å². The van der Waals surface area contributed by atoms with Crippen LogP contribution < -0.4 is 15.4 Å². The van der Waals surface area contributed by atoms with Crippen molar-refractivity contribution in [3.8, 4) is 22.1 Å². The maximum absolute atomic E-state index is 14.9. The second kappa shape index (κ2) is 12.1. The van der Waals surface area contributed by atoms with Gasteiger partial charge in [-0.1, -0.05) is 13.0 Å². The summed E-state index contributed by atoms with van der Waals surface area (Å²) in [4.78, 5) is 27.0. The number of pyridine rings is 2. The molecule has 1 aromatic carbocycles. The van der Waals surface area contributed by atoms with Gasteiger partial charge in [-0.25, -0.2) is 9.18 Å². The van der Waals surface area contributed by atoms with E-state index in [1.807, 2.05) is 18.3 Å². The first-order valence-electron chi connectivity index (χ1n) is 14.0. The summed E-state index contributed by atoms with van der Waals surface area (Å²) in [5.74, 6) is -2.29. The molecule has 3 aromatic heterocycles. The van der Waals surface area contributed by atoms with Crippen LogP contribution in [0.1, 0.15) is 31.7 Å². The van der Waals surface area contributed by atoms with E-state index in [0.717, 1.165) is 62.7 Å². The van der Waals surface area contributed by atoms with Gasteiger partial charge in [-0.2, -0.15) is 4.39 Å². The fourth-order valence-electron chi connectivity index (χ4n) is 4.93. The first-order valence-corrected chi connectivity index (χ1v) is 14.8. The van der Waals surface area contributed by atoms with Gasteiger partial charge in [0, 0.05) is 57.2 Å². The Morgan fingerprint density at radius 1 is 1.02 bits per heavy atom. The average Bonchev–Trinajstić information content (AvgIpc) is 3.68. The first kappa shape index (κ1) is 27.5. The molecular formula is C30H32F2N6O2S. The predicted octanol–water partition coefficient (Wildman–Crippen LogP) is 6.24. The Labute approximate surface area is 241 Å². The number of hydrogen-bond acceptors (Lipinski definition) is 7. The molecule has 1 saturated heterocycles. The molecule has 4 aromatic rings. The number of fused-ring (bicyclic) bond motifs is 1. The Morgan fingerprint density at radius 2 is 1.83 bits per heavy atom. The number of piperazine rings is 1. The Morgan fingerprint density at radius 3 is 2.56 bits per heavy atom. The van der Waals surface area contributed by atoms with E-state index in [1.54, 1.807) is 12.3 Å². The molecule has 0 atom stereocenters. The van der Waals surface area contributed by atoms with Gasteiger partial charge < -0.3 is 20.3 Å². The van der Waals surface area contributed by atoms with Gasteiger partial charge in [-0.15, -0.1) is 11.3 Å². The van der Waals surface area contributed by atoms with Crippen molar-refractivity contribution in [1.82, 2.24) is 25.1 Å². The van der Waals surface area contributed by atoms with Crippen molar-refractivity contribution >= 4 is 33.3 Å². The second-order valence-corrected chi connectivity index (χ2v) is 11.6. The minimum absolute atomic E-state index is 0.0973. The molecule has 0 spiro atoms. The molecular weight excluding hydrogens is 546 g/mol. The van der Waals surface area contributed by atoms with Crippen LogP contribution in [0.2, 0.25) is 0 Å². The van der Waals surface area contributed by atoms with Gasteiger partial charge in [-0.3, -0.25) is 14.9 Å². The van der Waals surface area contributed by atoms with Crippen molar-refractivity contribution in [2.24, 2.45) is 0 Å². The smallest absolute Gasteiger partial charge is 0.319 e. The second-order valence-electron chi connectivity index (χ2n) is 10.5. The predicted molar refractivity (Wildman–Crippen MR) is 156 cm³/mol. The number of hydrogen-bond donors (Lipinski definition) is 2. The molecule has 2 fully saturated rings. The van der Waals surface area contributed by atoms with E-state index in [0.29, 0.717) is 16.0 Å². The first-order chi connectivity index (χ1) is 20.0. The lowest BCUT2D eigenvalue weighted by molar-refractivity contribution is 0.127. The van der Waals surface area contributed by atoms with Crippen LogP contribution in [0.3, 0.4) is 0 Å². The maximum Gasteiger partial charge on any atom is 0.319 e. The van der Waals surface area contributed by atoms with E-state index in [-0.39, 0.29) is 17.5 Å². The molecule has 11 heteroatoms. The van der Waals surface area contributed by atoms with Gasteiger partial charge in [0.15, 0.2) is 11.6 Å². The number of nitrogens with zero attached hydrogens (tertiary/aromatic N) is 4. The van der Waals surface area contributed by atoms with Crippen LogP contribution in [0.15, 0.2) is 48.8 Å². The molecule has 0 unspecified atom stereocenters. The molecule has 214 valence electrons. The zero-order chi connectivity index (χ0) is 28.3. The highest BCUT2D eigenvalue weighted by Crippen LogP contribution is 2.39. The number of carbonyl (C=O) groups is 1. The lowest BCUT2D eigenvalue weighted by atomic mass is 10.2. The molecule has 8 nitrogen and oxygen atoms in total. The molecule has 2 aliphatic rings. The molecule has 2 amide bonds. The van der Waals surface area contributed by atoms with Crippen LogP contribution in [0, 0.1) is 11.6 Å². The number of amides is 2. The summed E-state index contributed by atoms with van der Waals surface area (Å²) in [5.41, 5.74) is 2.41. The maximum atomic E-state index is 14.9. The van der Waals surface area contributed by atoms with Crippen molar-refractivity contribution in [1.29, 1.82) is 0 Å². The van der Waals surface area contributed by atoms with Crippen LogP contribution >= 0.6 is 11.3 Å². The van der Waals surface area contributed by atoms with E-state index in [9.17, 15) is 13.6 Å². The highest BCUT2D eigenvalue weighted by molar-refractivity contribution is 7.22. The van der Waals surface area contributed by atoms with Gasteiger partial charge in [0.2, 0.25) is 5.82 Å². The molecule has 1 aliphatic carbocycles. The SMILES string of the molecule is CCCN1CCN(Cc2ccc(-c3cc4nccc(Oc5ccc(NC(=O)NC6CC6)c(F)c5F)c4s3)nc2)CC1. The van der Waals surface area contributed by atoms with Crippen LogP contribution in [-0.2, 0) is 6.54 Å². The number of nitrogens with one attached hydrogen (secondary N) is 2. The topological polar surface area (TPSA) is 82.6 Å². The van der Waals surface area contributed by atoms with Gasteiger partial charge in [-0.05, 0) is 55.6 Å². The van der Waals surface area contributed by atoms with E-state index in [4.69, 9.17) is 9.72 Å². The van der Waals surface area contributed by atoms with Crippen LogP contribution in [0.5, 0.6) is 11.5 Å². The minimum Gasteiger partial charge on any atom is -0.453 e. The normalized spacial score (nSPS) is 16.2. The van der Waals surface area contributed by atoms with Crippen LogP contribution in [0.25, 0.3) is 20.8 Å². The summed E-state index contributed by atoms with van der Waals surface area (Å²) in [5, 5.41) is 5.04. The number of urea groups is 1. The van der Waals surface area contributed by atoms with Crippen LogP contribution in [0.4, 0.5) is 19.3 Å². The number of thiophene rings is 1. The molecule has 1 aliphatic heterocycles. The summed E-state index contributed by atoms with van der Waals surface area (Å²) in [6.45, 7) is 8.59. The zero-order valence-corrected chi connectivity index (χ0v) is 23.6. The Hall–Kier alpha value is -3.67. The van der Waals surface area contributed by atoms with Crippen LogP contribution in [-0.4, -0.2) is 64.6 Å². The Kier molecular flexibility index (Phi) is 8.09. The minimum atomic E-state index is -1.18. The number of carbonyl (C=O) groups excluding carboxylic acids is 1. The van der Waals surface area contributed by atoms with E-state index in [1.165, 1.54) is 35.5 Å². The van der Waals surface area contributed by atoms with Gasteiger partial charge >= 0.3 is 6.03 Å². The van der Waals surface area contributed by atoms with Crippen molar-refractivity contribution < 1.29 is 18.3 Å². The highest BCUT2D eigenvalue weighted by atomic mass is 32.1. The monoisotopic (exact) mass is 578 g/mol. The van der Waals surface area contributed by atoms with E-state index in [2.05, 4.69) is 38.4 Å². The fraction of sp³-hybridized carbons (Fsp3) is 0.367. The third-order valence-electron chi connectivity index (χ3n) is 7.29. The summed E-state index contributed by atoms with van der Waals surface area (Å²) in [6.07, 6.45) is 6.45. The highest BCUT2D eigenvalue weighted by Gasteiger charge is 2.25. The third-order valence-corrected chi connectivity index (χ3v) is 8.45. The standard InChI is InChI=1S/C30H32F2N6O2S/c1-2-11-37-12-14-38(15-13-37)18-19-3-6-21(34-17-19)26-16-23-29(41-26)25(9-10-33-23)40-24-8-7-22(27(31)28(24)32)36-30(39)35-20-4-5-20/h3,6-10,16-17,20H,2,4-5,11-15,18H2,1H3,(H2,35,36,39). The molecule has 41 heavy (non-hydrogen) atoms. The summed E-state index contributed by atoms with van der Waals surface area (Å²) < 4.78 is 36.1. The quantitative estimate of drug-likeness (QED) is 0.245. The molecule has 1 saturated carbocycles. The van der Waals surface area contributed by atoms with Gasteiger partial charge in [0.05, 0.1) is 26.5 Å². The lowest BCUT2D eigenvalue weighted by Gasteiger charge is -2.34. The van der Waals surface area contributed by atoms with E-state index >= 15 is 0 Å². The molecule has 0 bridgehead atoms. The molecule has 0 radical (unpaired) electrons. The average molecular weight is 579 g/mol. The lowest BCUT2D eigenvalue weighted by Crippen LogP contribution is -2.45. The summed E-state index contributed by atoms with van der Waals surface area (Å²) in [6, 6.07) is 9.78. The summed E-state index contributed by atoms with van der Waals surface area (Å²) in [7, 11) is 0. The molecule has 4 heterocycles. The molecule has 6 rings (SSSR count). The third kappa shape index (κ3) is 6.47. The number of ether oxygens (including phenoxy) is 1. The largest absolute Gasteiger partial charge is 0.453 e. The van der Waals surface area contributed by atoms with Crippen molar-refractivity contribution in [2.45, 2.75) is 38.8 Å². The van der Waals surface area contributed by atoms with Crippen molar-refractivity contribution in [2.75, 3.05) is 38.0 Å². The zero-order valence-electron chi connectivity index (χ0n) is 22.8. The number of rotatable bonds is 9. The van der Waals surface area contributed by atoms with Gasteiger partial charge in [0.1, 0.15) is 5.75 Å². The van der Waals surface area contributed by atoms with Crippen molar-refractivity contribution in [3.05, 3.63) is 66.0 Å². The number of halogens is 2. The van der Waals surface area contributed by atoms with E-state index < -0.39 is 17.7 Å². The van der Waals surface area contributed by atoms with Gasteiger partial charge in [0.25, 0.3) is 0 Å². The fourth-order valence-corrected chi connectivity index (χ4v) is 5.97. The Balaban J connectivity index is 1.14. The summed E-state index contributed by atoms with van der Waals surface area (Å²) >= 11 is 1.43. The number of benzene rings is 1. The Bertz CT molecular complexity index is 1530. The number of aromatic nitrogens is 2. The number of anilines is 1.